The molecule has 0 atom stereocenters. The van der Waals surface area contributed by atoms with E-state index in [2.05, 4.69) is 0 Å². The molecule has 0 spiro atoms. The van der Waals surface area contributed by atoms with Gasteiger partial charge in [0, 0.05) is 25.7 Å². The Labute approximate surface area is 91.3 Å². The molecule has 0 saturated carbocycles. The highest BCUT2D eigenvalue weighted by Crippen LogP contribution is 2.08. The lowest BCUT2D eigenvalue weighted by Gasteiger charge is -2.01. The summed E-state index contributed by atoms with van der Waals surface area (Å²) < 4.78 is 4.93. The molecule has 0 aliphatic rings. The third-order valence-electron chi connectivity index (χ3n) is 2.38. The number of ether oxygens (including phenoxy) is 1. The van der Waals surface area contributed by atoms with Gasteiger partial charge >= 0.3 is 0 Å². The lowest BCUT2D eigenvalue weighted by Crippen LogP contribution is -1.99. The predicted octanol–water partition coefficient (Wildman–Crippen LogP) is 2.99. The highest BCUT2D eigenvalue weighted by atomic mass is 16.5. The van der Waals surface area contributed by atoms with Crippen LogP contribution < -0.4 is 0 Å². The van der Waals surface area contributed by atoms with Crippen LogP contribution in [-0.4, -0.2) is 19.5 Å². The van der Waals surface area contributed by atoms with Crippen molar-refractivity contribution in [1.29, 1.82) is 0 Å². The van der Waals surface area contributed by atoms with Gasteiger partial charge in [-0.25, -0.2) is 0 Å². The molecule has 82 valence electrons. The average molecular weight is 206 g/mol. The Morgan fingerprint density at radius 1 is 1.20 bits per heavy atom. The molecule has 0 N–H and O–H groups in total. The fourth-order valence-electron chi connectivity index (χ4n) is 1.42. The lowest BCUT2D eigenvalue weighted by atomic mass is 10.0. The molecule has 0 aliphatic heterocycles. The molecular formula is C13H18O2. The van der Waals surface area contributed by atoms with Crippen molar-refractivity contribution >= 4 is 5.78 Å². The topological polar surface area (TPSA) is 26.3 Å². The normalized spacial score (nSPS) is 10.3. The highest BCUT2D eigenvalue weighted by molar-refractivity contribution is 5.96. The summed E-state index contributed by atoms with van der Waals surface area (Å²) >= 11 is 0. The molecule has 0 fully saturated rings. The number of rotatable bonds is 6. The summed E-state index contributed by atoms with van der Waals surface area (Å²) in [5, 5.41) is 0. The van der Waals surface area contributed by atoms with Crippen molar-refractivity contribution in [3.05, 3.63) is 35.4 Å². The number of carbonyl (C=O) groups excluding carboxylic acids is 1. The van der Waals surface area contributed by atoms with Crippen molar-refractivity contribution in [2.45, 2.75) is 26.2 Å². The monoisotopic (exact) mass is 206 g/mol. The first-order chi connectivity index (χ1) is 7.24. The van der Waals surface area contributed by atoms with Gasteiger partial charge in [0.15, 0.2) is 5.78 Å². The van der Waals surface area contributed by atoms with Gasteiger partial charge in [-0.05, 0) is 19.8 Å². The second kappa shape index (κ2) is 6.36. The smallest absolute Gasteiger partial charge is 0.162 e. The van der Waals surface area contributed by atoms with Gasteiger partial charge in [-0.1, -0.05) is 29.8 Å². The first-order valence-electron chi connectivity index (χ1n) is 5.33. The Bertz CT molecular complexity index is 301. The molecule has 0 aromatic heterocycles. The molecule has 0 radical (unpaired) electrons. The molecule has 0 amide bonds. The van der Waals surface area contributed by atoms with Gasteiger partial charge in [0.2, 0.25) is 0 Å². The number of carbonyl (C=O) groups is 1. The summed E-state index contributed by atoms with van der Waals surface area (Å²) in [6, 6.07) is 7.74. The van der Waals surface area contributed by atoms with Gasteiger partial charge in [0.25, 0.3) is 0 Å². The van der Waals surface area contributed by atoms with Gasteiger partial charge < -0.3 is 4.74 Å². The number of methoxy groups -OCH3 is 1. The molecule has 2 nitrogen and oxygen atoms in total. The minimum Gasteiger partial charge on any atom is -0.385 e. The minimum atomic E-state index is 0.228. The molecule has 0 aliphatic carbocycles. The van der Waals surface area contributed by atoms with Gasteiger partial charge in [-0.3, -0.25) is 4.79 Å². The first kappa shape index (κ1) is 11.9. The van der Waals surface area contributed by atoms with Gasteiger partial charge in [0.05, 0.1) is 0 Å². The van der Waals surface area contributed by atoms with Gasteiger partial charge in [-0.2, -0.15) is 0 Å². The first-order valence-corrected chi connectivity index (χ1v) is 5.33. The van der Waals surface area contributed by atoms with Crippen LogP contribution in [0.1, 0.15) is 35.2 Å². The van der Waals surface area contributed by atoms with Crippen molar-refractivity contribution in [1.82, 2.24) is 0 Å². The fourth-order valence-corrected chi connectivity index (χ4v) is 1.42. The lowest BCUT2D eigenvalue weighted by molar-refractivity contribution is 0.0975. The van der Waals surface area contributed by atoms with Crippen molar-refractivity contribution in [2.24, 2.45) is 0 Å². The number of hydrogen-bond acceptors (Lipinski definition) is 2. The number of benzene rings is 1. The van der Waals surface area contributed by atoms with Crippen LogP contribution in [0.15, 0.2) is 24.3 Å². The zero-order valence-electron chi connectivity index (χ0n) is 9.45. The molecule has 1 aromatic carbocycles. The predicted molar refractivity (Wildman–Crippen MR) is 61.2 cm³/mol. The van der Waals surface area contributed by atoms with E-state index in [4.69, 9.17) is 4.74 Å². The third-order valence-corrected chi connectivity index (χ3v) is 2.38. The highest BCUT2D eigenvalue weighted by Gasteiger charge is 2.04. The molecule has 1 rings (SSSR count). The van der Waals surface area contributed by atoms with Crippen molar-refractivity contribution in [2.75, 3.05) is 13.7 Å². The quantitative estimate of drug-likeness (QED) is 0.528. The van der Waals surface area contributed by atoms with Crippen LogP contribution in [0.2, 0.25) is 0 Å². The largest absolute Gasteiger partial charge is 0.385 e. The van der Waals surface area contributed by atoms with Gasteiger partial charge in [-0.15, -0.1) is 0 Å². The molecule has 0 heterocycles. The summed E-state index contributed by atoms with van der Waals surface area (Å²) in [5.74, 6) is 0.228. The minimum absolute atomic E-state index is 0.228. The zero-order chi connectivity index (χ0) is 11.1. The Morgan fingerprint density at radius 3 is 2.47 bits per heavy atom. The molecule has 15 heavy (non-hydrogen) atoms. The summed E-state index contributed by atoms with van der Waals surface area (Å²) in [5.41, 5.74) is 2.00. The van der Waals surface area contributed by atoms with Crippen LogP contribution in [0.4, 0.5) is 0 Å². The van der Waals surface area contributed by atoms with Crippen LogP contribution in [0.3, 0.4) is 0 Å². The second-order valence-electron chi connectivity index (χ2n) is 3.74. The van der Waals surface area contributed by atoms with E-state index < -0.39 is 0 Å². The Kier molecular flexibility index (Phi) is 5.05. The summed E-state index contributed by atoms with van der Waals surface area (Å²) in [6.07, 6.45) is 2.47. The van der Waals surface area contributed by atoms with E-state index in [1.54, 1.807) is 7.11 Å². The van der Waals surface area contributed by atoms with Crippen LogP contribution >= 0.6 is 0 Å². The van der Waals surface area contributed by atoms with Crippen LogP contribution in [0.5, 0.6) is 0 Å². The zero-order valence-corrected chi connectivity index (χ0v) is 9.45. The van der Waals surface area contributed by atoms with Crippen LogP contribution in [-0.2, 0) is 4.74 Å². The fraction of sp³-hybridized carbons (Fsp3) is 0.462. The van der Waals surface area contributed by atoms with E-state index in [1.165, 1.54) is 5.56 Å². The molecule has 0 saturated heterocycles. The van der Waals surface area contributed by atoms with E-state index in [0.717, 1.165) is 25.0 Å². The average Bonchev–Trinajstić information content (AvgIpc) is 2.25. The van der Waals surface area contributed by atoms with Crippen LogP contribution in [0.25, 0.3) is 0 Å². The summed E-state index contributed by atoms with van der Waals surface area (Å²) in [7, 11) is 1.68. The van der Waals surface area contributed by atoms with E-state index >= 15 is 0 Å². The maximum Gasteiger partial charge on any atom is 0.162 e. The van der Waals surface area contributed by atoms with Crippen LogP contribution in [0, 0.1) is 6.92 Å². The summed E-state index contributed by atoms with van der Waals surface area (Å²) in [6.45, 7) is 2.76. The number of hydrogen-bond donors (Lipinski definition) is 0. The SMILES string of the molecule is COCCCCC(=O)c1ccc(C)cc1. The van der Waals surface area contributed by atoms with Crippen molar-refractivity contribution in [3.8, 4) is 0 Å². The third kappa shape index (κ3) is 4.26. The standard InChI is InChI=1S/C13H18O2/c1-11-6-8-12(9-7-11)13(14)5-3-4-10-15-2/h6-9H,3-5,10H2,1-2H3. The van der Waals surface area contributed by atoms with Gasteiger partial charge in [0.1, 0.15) is 0 Å². The van der Waals surface area contributed by atoms with E-state index in [-0.39, 0.29) is 5.78 Å². The number of aryl methyl sites for hydroxylation is 1. The molecule has 0 bridgehead atoms. The summed E-state index contributed by atoms with van der Waals surface area (Å²) in [4.78, 5) is 11.7. The Hall–Kier alpha value is -1.15. The van der Waals surface area contributed by atoms with E-state index in [0.29, 0.717) is 6.42 Å². The molecule has 1 aromatic rings. The number of Topliss-reactive ketones (excluding diaryl/α,β-unsaturated/α-hetero) is 1. The maximum atomic E-state index is 11.7. The van der Waals surface area contributed by atoms with E-state index in [9.17, 15) is 4.79 Å². The van der Waals surface area contributed by atoms with Crippen molar-refractivity contribution < 1.29 is 9.53 Å². The molecular weight excluding hydrogens is 188 g/mol. The Balaban J connectivity index is 2.37. The van der Waals surface area contributed by atoms with E-state index in [1.807, 2.05) is 31.2 Å². The molecule has 0 unspecified atom stereocenters. The maximum absolute atomic E-state index is 11.7. The second-order valence-corrected chi connectivity index (χ2v) is 3.74. The number of ketones is 1. The Morgan fingerprint density at radius 2 is 1.87 bits per heavy atom. The number of unbranched alkanes of at least 4 members (excludes halogenated alkanes) is 1. The van der Waals surface area contributed by atoms with Crippen molar-refractivity contribution in [3.63, 3.8) is 0 Å². The molecule has 2 heteroatoms.